The molecule has 118 valence electrons. The van der Waals surface area contributed by atoms with Crippen molar-refractivity contribution in [3.8, 4) is 0 Å². The third kappa shape index (κ3) is 4.78. The topological polar surface area (TPSA) is 86.5 Å². The molecule has 1 N–H and O–H groups in total. The van der Waals surface area contributed by atoms with Gasteiger partial charge in [0.1, 0.15) is 0 Å². The summed E-state index contributed by atoms with van der Waals surface area (Å²) in [6, 6.07) is 0. The van der Waals surface area contributed by atoms with Gasteiger partial charge in [-0.25, -0.2) is 0 Å². The second kappa shape index (κ2) is 7.00. The Kier molecular flexibility index (Phi) is 5.30. The van der Waals surface area contributed by atoms with E-state index in [0.29, 0.717) is 31.3 Å². The average Bonchev–Trinajstić information content (AvgIpc) is 2.89. The molecule has 1 aliphatic rings. The molecule has 0 bridgehead atoms. The van der Waals surface area contributed by atoms with Gasteiger partial charge in [-0.1, -0.05) is 5.16 Å². The Bertz CT molecular complexity index is 473. The molecule has 0 aromatic carbocycles. The van der Waals surface area contributed by atoms with Crippen molar-refractivity contribution in [1.82, 2.24) is 15.5 Å². The molecule has 1 saturated heterocycles. The van der Waals surface area contributed by atoms with Gasteiger partial charge < -0.3 is 19.3 Å². The third-order valence-electron chi connectivity index (χ3n) is 3.52. The number of carbonyl (C=O) groups excluding carboxylic acids is 1. The van der Waals surface area contributed by atoms with E-state index in [4.69, 9.17) is 14.0 Å². The molecule has 7 heteroatoms. The molecular weight excluding hydrogens is 274 g/mol. The van der Waals surface area contributed by atoms with Gasteiger partial charge in [0.2, 0.25) is 11.8 Å². The van der Waals surface area contributed by atoms with Crippen molar-refractivity contribution >= 4 is 5.91 Å². The molecule has 1 amide bonds. The molecule has 1 aliphatic heterocycles. The Labute approximate surface area is 124 Å². The summed E-state index contributed by atoms with van der Waals surface area (Å²) in [5, 5.41) is 6.68. The van der Waals surface area contributed by atoms with E-state index in [2.05, 4.69) is 15.5 Å². The van der Waals surface area contributed by atoms with Crippen LogP contribution >= 0.6 is 0 Å². The van der Waals surface area contributed by atoms with Crippen molar-refractivity contribution in [3.05, 3.63) is 11.7 Å². The lowest BCUT2D eigenvalue weighted by molar-refractivity contribution is -0.135. The second-order valence-electron chi connectivity index (χ2n) is 5.86. The Morgan fingerprint density at radius 1 is 1.52 bits per heavy atom. The Balaban J connectivity index is 1.79. The van der Waals surface area contributed by atoms with E-state index in [1.807, 2.05) is 13.8 Å². The van der Waals surface area contributed by atoms with E-state index in [-0.39, 0.29) is 24.0 Å². The van der Waals surface area contributed by atoms with E-state index < -0.39 is 0 Å². The molecule has 2 heterocycles. The minimum absolute atomic E-state index is 0.0167. The van der Waals surface area contributed by atoms with Crippen molar-refractivity contribution in [2.75, 3.05) is 20.3 Å². The number of hydrogen-bond donors (Lipinski definition) is 1. The number of nitrogens with zero attached hydrogens (tertiary/aromatic N) is 2. The number of aromatic nitrogens is 2. The van der Waals surface area contributed by atoms with Crippen LogP contribution < -0.4 is 5.32 Å². The van der Waals surface area contributed by atoms with Crippen molar-refractivity contribution < 1.29 is 18.8 Å². The zero-order valence-electron chi connectivity index (χ0n) is 12.8. The minimum Gasteiger partial charge on any atom is -0.384 e. The fraction of sp³-hybridized carbons (Fsp3) is 0.786. The highest BCUT2D eigenvalue weighted by Crippen LogP contribution is 2.28. The van der Waals surface area contributed by atoms with E-state index in [0.717, 1.165) is 12.8 Å². The van der Waals surface area contributed by atoms with Crippen molar-refractivity contribution in [2.24, 2.45) is 5.92 Å². The summed E-state index contributed by atoms with van der Waals surface area (Å²) in [6.07, 6.45) is 2.07. The lowest BCUT2D eigenvalue weighted by Gasteiger charge is -2.34. The van der Waals surface area contributed by atoms with Crippen LogP contribution in [0.5, 0.6) is 0 Å². The summed E-state index contributed by atoms with van der Waals surface area (Å²) in [6.45, 7) is 5.44. The van der Waals surface area contributed by atoms with Gasteiger partial charge >= 0.3 is 0 Å². The van der Waals surface area contributed by atoms with Crippen LogP contribution in [-0.4, -0.2) is 42.0 Å². The molecule has 0 aliphatic carbocycles. The predicted octanol–water partition coefficient (Wildman–Crippen LogP) is 1.08. The lowest BCUT2D eigenvalue weighted by atomic mass is 9.88. The fourth-order valence-corrected chi connectivity index (χ4v) is 2.42. The minimum atomic E-state index is -0.238. The molecule has 1 atom stereocenters. The van der Waals surface area contributed by atoms with Crippen molar-refractivity contribution in [2.45, 2.75) is 45.3 Å². The summed E-state index contributed by atoms with van der Waals surface area (Å²) in [5.74, 6) is 1.00. The molecule has 1 aromatic rings. The van der Waals surface area contributed by atoms with Gasteiger partial charge in [-0.3, -0.25) is 4.79 Å². The van der Waals surface area contributed by atoms with Crippen LogP contribution in [0.15, 0.2) is 4.52 Å². The largest absolute Gasteiger partial charge is 0.384 e. The number of nitrogens with one attached hydrogen (secondary N) is 1. The lowest BCUT2D eigenvalue weighted by Crippen LogP contribution is -2.41. The maximum absolute atomic E-state index is 12.2. The standard InChI is InChI=1S/C14H23N3O4/c1-14(2)8-10(4-7-20-14)13(18)15-9-12-16-11(17-21-12)5-6-19-3/h10H,4-9H2,1-3H3,(H,15,18)/t10-/m1/s1. The first-order valence-corrected chi connectivity index (χ1v) is 7.22. The number of ether oxygens (including phenoxy) is 2. The van der Waals surface area contributed by atoms with Crippen molar-refractivity contribution in [1.29, 1.82) is 0 Å². The van der Waals surface area contributed by atoms with Crippen molar-refractivity contribution in [3.63, 3.8) is 0 Å². The molecule has 0 saturated carbocycles. The van der Waals surface area contributed by atoms with Gasteiger partial charge in [-0.05, 0) is 26.7 Å². The van der Waals surface area contributed by atoms with E-state index in [9.17, 15) is 4.79 Å². The zero-order valence-corrected chi connectivity index (χ0v) is 12.8. The van der Waals surface area contributed by atoms with Crippen LogP contribution in [0.3, 0.4) is 0 Å². The SMILES string of the molecule is COCCc1noc(CNC(=O)[C@@H]2CCOC(C)(C)C2)n1. The Morgan fingerprint density at radius 3 is 3.05 bits per heavy atom. The molecule has 2 rings (SSSR count). The van der Waals surface area contributed by atoms with Crippen LogP contribution in [0, 0.1) is 5.92 Å². The Morgan fingerprint density at radius 2 is 2.33 bits per heavy atom. The van der Waals surface area contributed by atoms with Crippen LogP contribution in [0.4, 0.5) is 0 Å². The third-order valence-corrected chi connectivity index (χ3v) is 3.52. The van der Waals surface area contributed by atoms with Gasteiger partial charge in [-0.2, -0.15) is 4.98 Å². The molecule has 0 radical (unpaired) electrons. The second-order valence-corrected chi connectivity index (χ2v) is 5.86. The van der Waals surface area contributed by atoms with Crippen LogP contribution in [-0.2, 0) is 27.2 Å². The van der Waals surface area contributed by atoms with E-state index in [1.165, 1.54) is 0 Å². The molecule has 1 fully saturated rings. The molecule has 21 heavy (non-hydrogen) atoms. The summed E-state index contributed by atoms with van der Waals surface area (Å²) < 4.78 is 15.6. The van der Waals surface area contributed by atoms with Gasteiger partial charge in [-0.15, -0.1) is 0 Å². The maximum Gasteiger partial charge on any atom is 0.246 e. The first-order valence-electron chi connectivity index (χ1n) is 7.22. The molecule has 0 unspecified atom stereocenters. The van der Waals surface area contributed by atoms with Gasteiger partial charge in [0.25, 0.3) is 0 Å². The first-order chi connectivity index (χ1) is 10.00. The van der Waals surface area contributed by atoms with Gasteiger partial charge in [0.15, 0.2) is 5.82 Å². The summed E-state index contributed by atoms with van der Waals surface area (Å²) in [7, 11) is 1.62. The van der Waals surface area contributed by atoms with E-state index in [1.54, 1.807) is 7.11 Å². The van der Waals surface area contributed by atoms with Crippen LogP contribution in [0.25, 0.3) is 0 Å². The summed E-state index contributed by atoms with van der Waals surface area (Å²) >= 11 is 0. The first kappa shape index (κ1) is 15.9. The number of amides is 1. The molecule has 0 spiro atoms. The summed E-state index contributed by atoms with van der Waals surface area (Å²) in [5.41, 5.74) is -0.238. The number of hydrogen-bond acceptors (Lipinski definition) is 6. The highest BCUT2D eigenvalue weighted by molar-refractivity contribution is 5.78. The van der Waals surface area contributed by atoms with E-state index >= 15 is 0 Å². The maximum atomic E-state index is 12.2. The van der Waals surface area contributed by atoms with Crippen LogP contribution in [0.1, 0.15) is 38.4 Å². The average molecular weight is 297 g/mol. The van der Waals surface area contributed by atoms with Gasteiger partial charge in [0.05, 0.1) is 18.8 Å². The fourth-order valence-electron chi connectivity index (χ4n) is 2.42. The Hall–Kier alpha value is -1.47. The van der Waals surface area contributed by atoms with Gasteiger partial charge in [0, 0.05) is 26.1 Å². The predicted molar refractivity (Wildman–Crippen MR) is 74.5 cm³/mol. The monoisotopic (exact) mass is 297 g/mol. The molecule has 1 aromatic heterocycles. The highest BCUT2D eigenvalue weighted by Gasteiger charge is 2.32. The zero-order chi connectivity index (χ0) is 15.3. The number of carbonyl (C=O) groups is 1. The highest BCUT2D eigenvalue weighted by atomic mass is 16.5. The van der Waals surface area contributed by atoms with Crippen LogP contribution in [0.2, 0.25) is 0 Å². The normalized spacial score (nSPS) is 21.2. The quantitative estimate of drug-likeness (QED) is 0.845. The number of rotatable bonds is 6. The smallest absolute Gasteiger partial charge is 0.246 e. The molecule has 7 nitrogen and oxygen atoms in total. The number of methoxy groups -OCH3 is 1. The molecular formula is C14H23N3O4. The summed E-state index contributed by atoms with van der Waals surface area (Å²) in [4.78, 5) is 16.4.